The molecular weight excluding hydrogens is 371 g/mol. The molecule has 2 aliphatic rings. The van der Waals surface area contributed by atoms with Gasteiger partial charge in [0.25, 0.3) is 0 Å². The van der Waals surface area contributed by atoms with Gasteiger partial charge in [-0.1, -0.05) is 18.2 Å². The normalized spacial score (nSPS) is 21.4. The number of piperidine rings is 1. The molecule has 29 heavy (non-hydrogen) atoms. The van der Waals surface area contributed by atoms with E-state index in [2.05, 4.69) is 26.7 Å². The van der Waals surface area contributed by atoms with Gasteiger partial charge in [0.2, 0.25) is 5.91 Å². The molecule has 4 N–H and O–H groups in total. The van der Waals surface area contributed by atoms with Gasteiger partial charge in [0, 0.05) is 30.4 Å². The summed E-state index contributed by atoms with van der Waals surface area (Å²) < 4.78 is 16.6. The van der Waals surface area contributed by atoms with Gasteiger partial charge in [0.05, 0.1) is 24.3 Å². The fourth-order valence-corrected chi connectivity index (χ4v) is 4.17. The average molecular weight is 392 g/mol. The van der Waals surface area contributed by atoms with Crippen LogP contribution in [0.25, 0.3) is 16.9 Å². The molecule has 3 atom stereocenters. The standard InChI is InChI=1S/C21H21FN6O/c22-16-8-13(17-10-25-19-11-24-5-6-28(17)19)2-1-12(16)9-18(23)27-21(29)20-14-3-4-15(7-14)26-20/h1-2,5-8,10-11,15,18,20,26H,3-4,9,23H2,(H,27,29)/t15-,18+,20+/m1/s1. The van der Waals surface area contributed by atoms with E-state index >= 15 is 0 Å². The lowest BCUT2D eigenvalue weighted by atomic mass is 10.0. The molecule has 0 fully saturated rings. The Balaban J connectivity index is 1.28. The first kappa shape index (κ1) is 18.0. The van der Waals surface area contributed by atoms with Crippen molar-refractivity contribution in [2.45, 2.75) is 37.5 Å². The van der Waals surface area contributed by atoms with Gasteiger partial charge in [-0.15, -0.1) is 0 Å². The number of rotatable bonds is 5. The second-order valence-electron chi connectivity index (χ2n) is 7.56. The van der Waals surface area contributed by atoms with Crippen molar-refractivity contribution >= 4 is 11.6 Å². The van der Waals surface area contributed by atoms with Gasteiger partial charge in [0.15, 0.2) is 5.65 Å². The smallest absolute Gasteiger partial charge is 0.242 e. The van der Waals surface area contributed by atoms with Crippen LogP contribution in [0.15, 0.2) is 54.6 Å². The Kier molecular flexibility index (Phi) is 4.37. The summed E-state index contributed by atoms with van der Waals surface area (Å²) in [7, 11) is 0. The van der Waals surface area contributed by atoms with Crippen molar-refractivity contribution in [2.24, 2.45) is 5.73 Å². The third kappa shape index (κ3) is 3.30. The van der Waals surface area contributed by atoms with E-state index in [1.807, 2.05) is 10.5 Å². The first-order valence-electron chi connectivity index (χ1n) is 9.67. The van der Waals surface area contributed by atoms with E-state index in [0.717, 1.165) is 24.1 Å². The number of nitrogens with zero attached hydrogens (tertiary/aromatic N) is 3. The number of imidazole rings is 1. The van der Waals surface area contributed by atoms with Crippen LogP contribution in [-0.4, -0.2) is 38.5 Å². The predicted octanol–water partition coefficient (Wildman–Crippen LogP) is 1.54. The number of hydrogen-bond donors (Lipinski definition) is 3. The van der Waals surface area contributed by atoms with Crippen LogP contribution in [-0.2, 0) is 11.2 Å². The molecule has 1 aromatic carbocycles. The molecule has 0 saturated heterocycles. The van der Waals surface area contributed by atoms with Crippen LogP contribution in [0.5, 0.6) is 0 Å². The van der Waals surface area contributed by atoms with E-state index in [0.29, 0.717) is 16.8 Å². The van der Waals surface area contributed by atoms with Crippen molar-refractivity contribution in [3.63, 3.8) is 0 Å². The van der Waals surface area contributed by atoms with Gasteiger partial charge in [-0.25, -0.2) is 9.37 Å². The Hall–Kier alpha value is -3.10. The first-order chi connectivity index (χ1) is 14.1. The highest BCUT2D eigenvalue weighted by molar-refractivity contribution is 5.86. The van der Waals surface area contributed by atoms with E-state index in [-0.39, 0.29) is 30.2 Å². The van der Waals surface area contributed by atoms with Gasteiger partial charge in [0.1, 0.15) is 11.9 Å². The van der Waals surface area contributed by atoms with Crippen molar-refractivity contribution in [1.29, 1.82) is 0 Å². The van der Waals surface area contributed by atoms with Gasteiger partial charge in [-0.05, 0) is 30.0 Å². The molecule has 0 unspecified atom stereocenters. The maximum absolute atomic E-state index is 14.7. The first-order valence-corrected chi connectivity index (χ1v) is 9.67. The zero-order chi connectivity index (χ0) is 20.0. The maximum atomic E-state index is 14.7. The summed E-state index contributed by atoms with van der Waals surface area (Å²) in [4.78, 5) is 20.8. The minimum atomic E-state index is -0.661. The molecule has 8 heteroatoms. The summed E-state index contributed by atoms with van der Waals surface area (Å²) in [6.45, 7) is 0. The fourth-order valence-electron chi connectivity index (χ4n) is 4.17. The Labute approximate surface area is 166 Å². The number of amides is 1. The molecule has 7 nitrogen and oxygen atoms in total. The summed E-state index contributed by atoms with van der Waals surface area (Å²) in [5.74, 6) is -0.515. The minimum absolute atomic E-state index is 0.151. The molecule has 5 rings (SSSR count). The van der Waals surface area contributed by atoms with Crippen LogP contribution in [0, 0.1) is 5.82 Å². The molecule has 0 saturated carbocycles. The van der Waals surface area contributed by atoms with E-state index in [9.17, 15) is 9.18 Å². The second-order valence-corrected chi connectivity index (χ2v) is 7.56. The number of halogens is 1. The zero-order valence-corrected chi connectivity index (χ0v) is 15.7. The molecule has 2 aromatic heterocycles. The van der Waals surface area contributed by atoms with Crippen molar-refractivity contribution in [2.75, 3.05) is 0 Å². The Morgan fingerprint density at radius 2 is 2.31 bits per heavy atom. The quantitative estimate of drug-likeness (QED) is 0.452. The van der Waals surface area contributed by atoms with E-state index in [1.54, 1.807) is 30.9 Å². The third-order valence-electron chi connectivity index (χ3n) is 5.61. The zero-order valence-electron chi connectivity index (χ0n) is 15.7. The van der Waals surface area contributed by atoms with Gasteiger partial charge in [-0.2, -0.15) is 0 Å². The Morgan fingerprint density at radius 3 is 3.07 bits per heavy atom. The number of nitrogens with one attached hydrogen (secondary N) is 2. The monoisotopic (exact) mass is 392 g/mol. The summed E-state index contributed by atoms with van der Waals surface area (Å²) in [6.07, 6.45) is 10.4. The SMILES string of the molecule is N[C@H](Cc1ccc(-c2cnc3cnccn23)cc1F)NC(=O)[C@H]1N[C@H]2C=C1CC2. The molecule has 3 heterocycles. The number of nitrogens with two attached hydrogens (primary N) is 1. The number of carbonyl (C=O) groups excluding carboxylic acids is 1. The van der Waals surface area contributed by atoms with E-state index < -0.39 is 6.17 Å². The second kappa shape index (κ2) is 7.06. The van der Waals surface area contributed by atoms with Gasteiger partial charge in [-0.3, -0.25) is 19.5 Å². The van der Waals surface area contributed by atoms with E-state index in [4.69, 9.17) is 5.73 Å². The summed E-state index contributed by atoms with van der Waals surface area (Å²) in [5, 5.41) is 6.06. The molecule has 1 aliphatic heterocycles. The van der Waals surface area contributed by atoms with Crippen LogP contribution in [0.1, 0.15) is 18.4 Å². The molecule has 1 aliphatic carbocycles. The van der Waals surface area contributed by atoms with Crippen LogP contribution >= 0.6 is 0 Å². The third-order valence-corrected chi connectivity index (χ3v) is 5.61. The predicted molar refractivity (Wildman–Crippen MR) is 106 cm³/mol. The highest BCUT2D eigenvalue weighted by Gasteiger charge is 2.35. The Bertz CT molecular complexity index is 1120. The molecule has 0 spiro atoms. The number of benzene rings is 1. The van der Waals surface area contributed by atoms with Crippen LogP contribution in [0.2, 0.25) is 0 Å². The lowest BCUT2D eigenvalue weighted by Crippen LogP contribution is -2.52. The van der Waals surface area contributed by atoms with Crippen molar-refractivity contribution < 1.29 is 9.18 Å². The van der Waals surface area contributed by atoms with Crippen molar-refractivity contribution in [3.8, 4) is 11.3 Å². The largest absolute Gasteiger partial charge is 0.339 e. The fraction of sp³-hybridized carbons (Fsp3) is 0.286. The lowest BCUT2D eigenvalue weighted by Gasteiger charge is -2.24. The molecular formula is C21H21FN6O. The van der Waals surface area contributed by atoms with Crippen LogP contribution in [0.3, 0.4) is 0 Å². The molecule has 0 radical (unpaired) electrons. The molecule has 148 valence electrons. The number of hydrogen-bond acceptors (Lipinski definition) is 5. The highest BCUT2D eigenvalue weighted by Crippen LogP contribution is 2.29. The van der Waals surface area contributed by atoms with Crippen molar-refractivity contribution in [1.82, 2.24) is 25.0 Å². The summed E-state index contributed by atoms with van der Waals surface area (Å²) in [5.41, 5.74) is 9.84. The Morgan fingerprint density at radius 1 is 1.41 bits per heavy atom. The topological polar surface area (TPSA) is 97.3 Å². The molecule has 3 aromatic rings. The molecule has 1 amide bonds. The van der Waals surface area contributed by atoms with Crippen LogP contribution < -0.4 is 16.4 Å². The van der Waals surface area contributed by atoms with Gasteiger partial charge >= 0.3 is 0 Å². The number of carbonyl (C=O) groups is 1. The summed E-state index contributed by atoms with van der Waals surface area (Å²) >= 11 is 0. The van der Waals surface area contributed by atoms with Gasteiger partial charge < -0.3 is 11.1 Å². The minimum Gasteiger partial charge on any atom is -0.339 e. The number of fused-ring (bicyclic) bond motifs is 2. The maximum Gasteiger partial charge on any atom is 0.242 e. The van der Waals surface area contributed by atoms with Crippen molar-refractivity contribution in [3.05, 3.63) is 66.0 Å². The molecule has 2 bridgehead atoms. The highest BCUT2D eigenvalue weighted by atomic mass is 19.1. The van der Waals surface area contributed by atoms with E-state index in [1.165, 1.54) is 6.07 Å². The van der Waals surface area contributed by atoms with Crippen LogP contribution in [0.4, 0.5) is 4.39 Å². The lowest BCUT2D eigenvalue weighted by molar-refractivity contribution is -0.123. The summed E-state index contributed by atoms with van der Waals surface area (Å²) in [6, 6.07) is 4.99. The average Bonchev–Trinajstić information content (AvgIpc) is 3.44. The number of aromatic nitrogens is 3.